The van der Waals surface area contributed by atoms with Gasteiger partial charge in [-0.25, -0.2) is 4.98 Å². The molecule has 2 aromatic rings. The standard InChI is InChI=1S/C16H15ClN4O2/c1-20(15(22)12-10-18-7-8-19-12)14-6-9-21(16(14)23)13-5-3-2-4-11(13)17/h2-5,7-8,10,14H,6,9H2,1H3. The van der Waals surface area contributed by atoms with Crippen molar-refractivity contribution in [2.75, 3.05) is 18.5 Å². The molecule has 0 spiro atoms. The molecule has 0 saturated carbocycles. The van der Waals surface area contributed by atoms with E-state index in [1.165, 1.54) is 23.5 Å². The van der Waals surface area contributed by atoms with Gasteiger partial charge in [0.2, 0.25) is 5.91 Å². The van der Waals surface area contributed by atoms with Gasteiger partial charge in [-0.1, -0.05) is 23.7 Å². The second-order valence-corrected chi connectivity index (χ2v) is 5.66. The number of hydrogen-bond acceptors (Lipinski definition) is 4. The van der Waals surface area contributed by atoms with Crippen LogP contribution in [-0.4, -0.2) is 46.3 Å². The Morgan fingerprint density at radius 1 is 1.35 bits per heavy atom. The van der Waals surface area contributed by atoms with Gasteiger partial charge in [0.05, 0.1) is 16.9 Å². The van der Waals surface area contributed by atoms with Crippen molar-refractivity contribution < 1.29 is 9.59 Å². The number of aromatic nitrogens is 2. The quantitative estimate of drug-likeness (QED) is 0.863. The molecule has 118 valence electrons. The van der Waals surface area contributed by atoms with Gasteiger partial charge in [-0.05, 0) is 18.6 Å². The fourth-order valence-corrected chi connectivity index (χ4v) is 2.90. The van der Waals surface area contributed by atoms with E-state index >= 15 is 0 Å². The lowest BCUT2D eigenvalue weighted by Crippen LogP contribution is -2.43. The summed E-state index contributed by atoms with van der Waals surface area (Å²) in [4.78, 5) is 36.0. The van der Waals surface area contributed by atoms with Crippen LogP contribution in [0.3, 0.4) is 0 Å². The van der Waals surface area contributed by atoms with Crippen LogP contribution in [0.15, 0.2) is 42.9 Å². The molecular formula is C16H15ClN4O2. The molecule has 1 unspecified atom stereocenters. The zero-order valence-corrected chi connectivity index (χ0v) is 13.3. The molecule has 1 aliphatic heterocycles. The van der Waals surface area contributed by atoms with Gasteiger partial charge in [0, 0.05) is 26.0 Å². The van der Waals surface area contributed by atoms with E-state index in [0.717, 1.165) is 0 Å². The summed E-state index contributed by atoms with van der Waals surface area (Å²) in [6.07, 6.45) is 4.89. The molecule has 23 heavy (non-hydrogen) atoms. The second-order valence-electron chi connectivity index (χ2n) is 5.25. The Kier molecular flexibility index (Phi) is 4.25. The predicted molar refractivity (Wildman–Crippen MR) is 86.3 cm³/mol. The van der Waals surface area contributed by atoms with E-state index < -0.39 is 6.04 Å². The Morgan fingerprint density at radius 3 is 2.83 bits per heavy atom. The molecule has 2 heterocycles. The van der Waals surface area contributed by atoms with Crippen LogP contribution >= 0.6 is 11.6 Å². The van der Waals surface area contributed by atoms with Gasteiger partial charge in [0.25, 0.3) is 5.91 Å². The Labute approximate surface area is 138 Å². The minimum absolute atomic E-state index is 0.141. The SMILES string of the molecule is CN(C(=O)c1cnccn1)C1CCN(c2ccccc2Cl)C1=O. The molecule has 0 aliphatic carbocycles. The van der Waals surface area contributed by atoms with Crippen molar-refractivity contribution in [2.45, 2.75) is 12.5 Å². The summed E-state index contributed by atoms with van der Waals surface area (Å²) in [6.45, 7) is 0.519. The summed E-state index contributed by atoms with van der Waals surface area (Å²) in [5.74, 6) is -0.463. The minimum Gasteiger partial charge on any atom is -0.328 e. The van der Waals surface area contributed by atoms with Crippen molar-refractivity contribution in [1.29, 1.82) is 0 Å². The van der Waals surface area contributed by atoms with E-state index in [0.29, 0.717) is 23.7 Å². The first-order chi connectivity index (χ1) is 11.1. The molecule has 1 aliphatic rings. The fraction of sp³-hybridized carbons (Fsp3) is 0.250. The fourth-order valence-electron chi connectivity index (χ4n) is 2.67. The Morgan fingerprint density at radius 2 is 2.13 bits per heavy atom. The van der Waals surface area contributed by atoms with Crippen LogP contribution in [0, 0.1) is 0 Å². The molecule has 1 aromatic heterocycles. The number of carbonyl (C=O) groups excluding carboxylic acids is 2. The molecule has 3 rings (SSSR count). The number of para-hydroxylation sites is 1. The Bertz CT molecular complexity index is 738. The highest BCUT2D eigenvalue weighted by atomic mass is 35.5. The van der Waals surface area contributed by atoms with E-state index in [1.54, 1.807) is 24.1 Å². The molecular weight excluding hydrogens is 316 g/mol. The van der Waals surface area contributed by atoms with E-state index in [4.69, 9.17) is 11.6 Å². The third-order valence-electron chi connectivity index (χ3n) is 3.89. The topological polar surface area (TPSA) is 66.4 Å². The van der Waals surface area contributed by atoms with Gasteiger partial charge in [0.15, 0.2) is 0 Å². The van der Waals surface area contributed by atoms with Gasteiger partial charge < -0.3 is 9.80 Å². The smallest absolute Gasteiger partial charge is 0.274 e. The van der Waals surface area contributed by atoms with Crippen molar-refractivity contribution in [3.63, 3.8) is 0 Å². The average Bonchev–Trinajstić information content (AvgIpc) is 2.96. The lowest BCUT2D eigenvalue weighted by molar-refractivity contribution is -0.120. The van der Waals surface area contributed by atoms with Crippen molar-refractivity contribution in [2.24, 2.45) is 0 Å². The number of benzene rings is 1. The van der Waals surface area contributed by atoms with Gasteiger partial charge in [-0.15, -0.1) is 0 Å². The third kappa shape index (κ3) is 2.90. The van der Waals surface area contributed by atoms with Gasteiger partial charge in [0.1, 0.15) is 11.7 Å². The van der Waals surface area contributed by atoms with E-state index in [1.807, 2.05) is 12.1 Å². The number of likely N-dealkylation sites (N-methyl/N-ethyl adjacent to an activating group) is 1. The molecule has 1 saturated heterocycles. The zero-order chi connectivity index (χ0) is 16.4. The van der Waals surface area contributed by atoms with Gasteiger partial charge in [-0.3, -0.25) is 14.6 Å². The van der Waals surface area contributed by atoms with Crippen LogP contribution in [0.2, 0.25) is 5.02 Å². The predicted octanol–water partition coefficient (Wildman–Crippen LogP) is 2.01. The van der Waals surface area contributed by atoms with E-state index in [-0.39, 0.29) is 17.5 Å². The third-order valence-corrected chi connectivity index (χ3v) is 4.21. The van der Waals surface area contributed by atoms with Crippen LogP contribution in [0.4, 0.5) is 5.69 Å². The zero-order valence-electron chi connectivity index (χ0n) is 12.5. The van der Waals surface area contributed by atoms with E-state index in [2.05, 4.69) is 9.97 Å². The number of rotatable bonds is 3. The largest absolute Gasteiger partial charge is 0.328 e. The maximum Gasteiger partial charge on any atom is 0.274 e. The van der Waals surface area contributed by atoms with Gasteiger partial charge in [-0.2, -0.15) is 0 Å². The van der Waals surface area contributed by atoms with E-state index in [9.17, 15) is 9.59 Å². The molecule has 1 aromatic carbocycles. The van der Waals surface area contributed by atoms with Crippen LogP contribution in [0.25, 0.3) is 0 Å². The summed E-state index contributed by atoms with van der Waals surface area (Å²) in [7, 11) is 1.61. The lowest BCUT2D eigenvalue weighted by Gasteiger charge is -2.24. The van der Waals surface area contributed by atoms with Crippen LogP contribution in [0.5, 0.6) is 0 Å². The molecule has 0 radical (unpaired) electrons. The molecule has 1 fully saturated rings. The molecule has 7 heteroatoms. The highest BCUT2D eigenvalue weighted by Gasteiger charge is 2.38. The molecule has 2 amide bonds. The van der Waals surface area contributed by atoms with Gasteiger partial charge >= 0.3 is 0 Å². The minimum atomic E-state index is -0.527. The Hall–Kier alpha value is -2.47. The number of halogens is 1. The van der Waals surface area contributed by atoms with Crippen LogP contribution < -0.4 is 4.90 Å². The first kappa shape index (κ1) is 15.4. The molecule has 1 atom stereocenters. The van der Waals surface area contributed by atoms with Crippen LogP contribution in [0.1, 0.15) is 16.9 Å². The summed E-state index contributed by atoms with van der Waals surface area (Å²) in [6, 6.07) is 6.66. The maximum atomic E-state index is 12.7. The Balaban J connectivity index is 1.79. The second kappa shape index (κ2) is 6.34. The highest BCUT2D eigenvalue weighted by molar-refractivity contribution is 6.34. The molecule has 6 nitrogen and oxygen atoms in total. The number of carbonyl (C=O) groups is 2. The average molecular weight is 331 g/mol. The number of amides is 2. The van der Waals surface area contributed by atoms with Crippen molar-refractivity contribution in [3.8, 4) is 0 Å². The van der Waals surface area contributed by atoms with Crippen LogP contribution in [-0.2, 0) is 4.79 Å². The summed E-state index contributed by atoms with van der Waals surface area (Å²) < 4.78 is 0. The first-order valence-electron chi connectivity index (χ1n) is 7.18. The number of nitrogens with zero attached hydrogens (tertiary/aromatic N) is 4. The maximum absolute atomic E-state index is 12.7. The number of hydrogen-bond donors (Lipinski definition) is 0. The molecule has 0 bridgehead atoms. The monoisotopic (exact) mass is 330 g/mol. The highest BCUT2D eigenvalue weighted by Crippen LogP contribution is 2.30. The number of anilines is 1. The lowest BCUT2D eigenvalue weighted by atomic mass is 10.2. The normalized spacial score (nSPS) is 17.4. The summed E-state index contributed by atoms with van der Waals surface area (Å²) >= 11 is 6.16. The summed E-state index contributed by atoms with van der Waals surface area (Å²) in [5.41, 5.74) is 0.890. The van der Waals surface area contributed by atoms with Crippen molar-refractivity contribution >= 4 is 29.1 Å². The molecule has 0 N–H and O–H groups in total. The summed E-state index contributed by atoms with van der Waals surface area (Å²) in [5, 5.41) is 0.518. The van der Waals surface area contributed by atoms with Crippen molar-refractivity contribution in [3.05, 3.63) is 53.6 Å². The first-order valence-corrected chi connectivity index (χ1v) is 7.56. The van der Waals surface area contributed by atoms with Crippen molar-refractivity contribution in [1.82, 2.24) is 14.9 Å².